The van der Waals surface area contributed by atoms with Gasteiger partial charge in [0.05, 0.1) is 13.0 Å². The van der Waals surface area contributed by atoms with Gasteiger partial charge in [-0.05, 0) is 25.2 Å². The van der Waals surface area contributed by atoms with Crippen LogP contribution in [-0.4, -0.2) is 37.1 Å². The number of ether oxygens (including phenoxy) is 1. The number of hydrogen-bond donors (Lipinski definition) is 0. The third kappa shape index (κ3) is 4.20. The maximum Gasteiger partial charge on any atom is 0.224 e. The standard InChI is InChI=1S/C12H23NO2/c1-4-15-6-5-12(14)13-8-10(2)7-11(3)9-13/h10-11H,4-9H2,1-3H3/t10-,11+. The van der Waals surface area contributed by atoms with Crippen LogP contribution in [0.15, 0.2) is 0 Å². The minimum absolute atomic E-state index is 0.252. The van der Waals surface area contributed by atoms with Gasteiger partial charge in [0.1, 0.15) is 0 Å². The second-order valence-electron chi connectivity index (χ2n) is 4.69. The van der Waals surface area contributed by atoms with Crippen LogP contribution in [-0.2, 0) is 9.53 Å². The zero-order valence-corrected chi connectivity index (χ0v) is 10.2. The highest BCUT2D eigenvalue weighted by Gasteiger charge is 2.24. The molecule has 0 aromatic rings. The first kappa shape index (κ1) is 12.5. The minimum Gasteiger partial charge on any atom is -0.381 e. The fraction of sp³-hybridized carbons (Fsp3) is 0.917. The smallest absolute Gasteiger partial charge is 0.224 e. The van der Waals surface area contributed by atoms with Crippen molar-refractivity contribution >= 4 is 5.91 Å². The second kappa shape index (κ2) is 6.11. The van der Waals surface area contributed by atoms with E-state index in [4.69, 9.17) is 4.74 Å². The Morgan fingerprint density at radius 1 is 1.33 bits per heavy atom. The second-order valence-corrected chi connectivity index (χ2v) is 4.69. The van der Waals surface area contributed by atoms with Gasteiger partial charge in [-0.15, -0.1) is 0 Å². The molecule has 0 unspecified atom stereocenters. The Hall–Kier alpha value is -0.570. The summed E-state index contributed by atoms with van der Waals surface area (Å²) in [7, 11) is 0. The van der Waals surface area contributed by atoms with Gasteiger partial charge in [-0.25, -0.2) is 0 Å². The average Bonchev–Trinajstić information content (AvgIpc) is 2.16. The predicted octanol–water partition coefficient (Wildman–Crippen LogP) is 1.92. The molecule has 1 amide bonds. The number of amides is 1. The van der Waals surface area contributed by atoms with Crippen molar-refractivity contribution in [3.8, 4) is 0 Å². The van der Waals surface area contributed by atoms with Crippen molar-refractivity contribution in [3.63, 3.8) is 0 Å². The van der Waals surface area contributed by atoms with Gasteiger partial charge in [0.25, 0.3) is 0 Å². The molecule has 0 N–H and O–H groups in total. The van der Waals surface area contributed by atoms with Gasteiger partial charge in [0, 0.05) is 19.7 Å². The van der Waals surface area contributed by atoms with Gasteiger partial charge < -0.3 is 9.64 Å². The van der Waals surface area contributed by atoms with Gasteiger partial charge in [-0.2, -0.15) is 0 Å². The number of rotatable bonds is 4. The normalized spacial score (nSPS) is 26.7. The Morgan fingerprint density at radius 2 is 1.93 bits per heavy atom. The number of piperidine rings is 1. The molecule has 0 aliphatic carbocycles. The van der Waals surface area contributed by atoms with E-state index in [2.05, 4.69) is 13.8 Å². The van der Waals surface area contributed by atoms with Crippen LogP contribution in [0.1, 0.15) is 33.6 Å². The minimum atomic E-state index is 0.252. The maximum atomic E-state index is 11.8. The summed E-state index contributed by atoms with van der Waals surface area (Å²) in [6.45, 7) is 9.51. The molecule has 1 rings (SSSR count). The Labute approximate surface area is 92.8 Å². The molecule has 0 aromatic carbocycles. The molecular formula is C12H23NO2. The molecule has 0 saturated carbocycles. The van der Waals surface area contributed by atoms with Crippen LogP contribution in [0.2, 0.25) is 0 Å². The van der Waals surface area contributed by atoms with Crippen molar-refractivity contribution in [1.29, 1.82) is 0 Å². The lowest BCUT2D eigenvalue weighted by molar-refractivity contribution is -0.135. The monoisotopic (exact) mass is 213 g/mol. The van der Waals surface area contributed by atoms with Crippen LogP contribution < -0.4 is 0 Å². The quantitative estimate of drug-likeness (QED) is 0.668. The van der Waals surface area contributed by atoms with E-state index >= 15 is 0 Å². The van der Waals surface area contributed by atoms with Crippen LogP contribution in [0.4, 0.5) is 0 Å². The summed E-state index contributed by atoms with van der Waals surface area (Å²) >= 11 is 0. The molecule has 1 aliphatic heterocycles. The highest BCUT2D eigenvalue weighted by molar-refractivity contribution is 5.76. The summed E-state index contributed by atoms with van der Waals surface area (Å²) in [6, 6.07) is 0. The van der Waals surface area contributed by atoms with E-state index in [1.54, 1.807) is 0 Å². The van der Waals surface area contributed by atoms with E-state index in [0.717, 1.165) is 13.1 Å². The van der Waals surface area contributed by atoms with E-state index in [0.29, 0.717) is 31.5 Å². The highest BCUT2D eigenvalue weighted by Crippen LogP contribution is 2.21. The number of nitrogens with zero attached hydrogens (tertiary/aromatic N) is 1. The van der Waals surface area contributed by atoms with Crippen molar-refractivity contribution in [1.82, 2.24) is 4.90 Å². The summed E-state index contributed by atoms with van der Waals surface area (Å²) in [4.78, 5) is 13.8. The molecule has 1 saturated heterocycles. The number of likely N-dealkylation sites (tertiary alicyclic amines) is 1. The first-order valence-electron chi connectivity index (χ1n) is 5.99. The Morgan fingerprint density at radius 3 is 2.47 bits per heavy atom. The molecule has 88 valence electrons. The van der Waals surface area contributed by atoms with Gasteiger partial charge in [0.15, 0.2) is 0 Å². The fourth-order valence-electron chi connectivity index (χ4n) is 2.33. The lowest BCUT2D eigenvalue weighted by Crippen LogP contribution is -2.42. The van der Waals surface area contributed by atoms with Gasteiger partial charge in [-0.3, -0.25) is 4.79 Å². The molecule has 15 heavy (non-hydrogen) atoms. The molecule has 0 radical (unpaired) electrons. The van der Waals surface area contributed by atoms with Crippen molar-refractivity contribution in [2.45, 2.75) is 33.6 Å². The predicted molar refractivity (Wildman–Crippen MR) is 60.6 cm³/mol. The maximum absolute atomic E-state index is 11.8. The topological polar surface area (TPSA) is 29.5 Å². The van der Waals surface area contributed by atoms with Crippen LogP contribution in [0.5, 0.6) is 0 Å². The Bertz CT molecular complexity index is 196. The number of carbonyl (C=O) groups excluding carboxylic acids is 1. The molecule has 1 fully saturated rings. The zero-order chi connectivity index (χ0) is 11.3. The van der Waals surface area contributed by atoms with Crippen LogP contribution >= 0.6 is 0 Å². The molecule has 3 heteroatoms. The van der Waals surface area contributed by atoms with Gasteiger partial charge >= 0.3 is 0 Å². The van der Waals surface area contributed by atoms with Crippen LogP contribution in [0, 0.1) is 11.8 Å². The van der Waals surface area contributed by atoms with Crippen molar-refractivity contribution < 1.29 is 9.53 Å². The molecule has 1 aliphatic rings. The van der Waals surface area contributed by atoms with E-state index in [9.17, 15) is 4.79 Å². The van der Waals surface area contributed by atoms with E-state index in [1.807, 2.05) is 11.8 Å². The van der Waals surface area contributed by atoms with Crippen molar-refractivity contribution in [3.05, 3.63) is 0 Å². The highest BCUT2D eigenvalue weighted by atomic mass is 16.5. The third-order valence-corrected chi connectivity index (χ3v) is 2.89. The van der Waals surface area contributed by atoms with E-state index < -0.39 is 0 Å². The Kier molecular flexibility index (Phi) is 5.09. The Balaban J connectivity index is 2.31. The van der Waals surface area contributed by atoms with Crippen LogP contribution in [0.25, 0.3) is 0 Å². The summed E-state index contributed by atoms with van der Waals surface area (Å²) in [6.07, 6.45) is 1.78. The average molecular weight is 213 g/mol. The van der Waals surface area contributed by atoms with Crippen molar-refractivity contribution in [2.24, 2.45) is 11.8 Å². The summed E-state index contributed by atoms with van der Waals surface area (Å²) in [5, 5.41) is 0. The van der Waals surface area contributed by atoms with Crippen molar-refractivity contribution in [2.75, 3.05) is 26.3 Å². The largest absolute Gasteiger partial charge is 0.381 e. The van der Waals surface area contributed by atoms with Gasteiger partial charge in [-0.1, -0.05) is 13.8 Å². The van der Waals surface area contributed by atoms with Crippen LogP contribution in [0.3, 0.4) is 0 Å². The molecule has 3 nitrogen and oxygen atoms in total. The molecule has 1 heterocycles. The first-order valence-corrected chi connectivity index (χ1v) is 5.99. The van der Waals surface area contributed by atoms with E-state index in [1.165, 1.54) is 6.42 Å². The number of carbonyl (C=O) groups is 1. The molecule has 0 spiro atoms. The summed E-state index contributed by atoms with van der Waals surface area (Å²) < 4.78 is 5.20. The molecule has 0 bridgehead atoms. The zero-order valence-electron chi connectivity index (χ0n) is 10.2. The lowest BCUT2D eigenvalue weighted by Gasteiger charge is -2.35. The molecule has 2 atom stereocenters. The lowest BCUT2D eigenvalue weighted by atomic mass is 9.92. The molecule has 0 aromatic heterocycles. The number of hydrogen-bond acceptors (Lipinski definition) is 2. The third-order valence-electron chi connectivity index (χ3n) is 2.89. The summed E-state index contributed by atoms with van der Waals surface area (Å²) in [5.41, 5.74) is 0. The fourth-order valence-corrected chi connectivity index (χ4v) is 2.33. The SMILES string of the molecule is CCOCCC(=O)N1C[C@H](C)C[C@H](C)C1. The van der Waals surface area contributed by atoms with Gasteiger partial charge in [0.2, 0.25) is 5.91 Å². The summed E-state index contributed by atoms with van der Waals surface area (Å²) in [5.74, 6) is 1.54. The molecular weight excluding hydrogens is 190 g/mol. The first-order chi connectivity index (χ1) is 7.13. The van der Waals surface area contributed by atoms with E-state index in [-0.39, 0.29) is 5.91 Å².